The number of ether oxygens (including phenoxy) is 3. The van der Waals surface area contributed by atoms with E-state index < -0.39 is 13.9 Å². The number of hydrogen-bond acceptors (Lipinski definition) is 8. The highest BCUT2D eigenvalue weighted by Gasteiger charge is 2.36. The molecule has 0 aromatic heterocycles. The molecule has 10 heteroatoms. The molecule has 0 spiro atoms. The molecule has 0 bridgehead atoms. The molecule has 0 aromatic carbocycles. The summed E-state index contributed by atoms with van der Waals surface area (Å²) in [5.41, 5.74) is 5.36. The highest BCUT2D eigenvalue weighted by Crippen LogP contribution is 2.43. The van der Waals surface area contributed by atoms with Gasteiger partial charge < -0.3 is 24.8 Å². The minimum atomic E-state index is -4.28. The fraction of sp³-hybridized carbons (Fsp3) is 0.829. The molecule has 3 unspecified atom stereocenters. The maximum Gasteiger partial charge on any atom is 0.472 e. The summed E-state index contributed by atoms with van der Waals surface area (Å²) in [6, 6.07) is 0. The smallest absolute Gasteiger partial charge is 0.472 e. The first-order valence-corrected chi connectivity index (χ1v) is 22.1. The fourth-order valence-corrected chi connectivity index (χ4v) is 6.57. The van der Waals surface area contributed by atoms with Crippen LogP contribution in [0.3, 0.4) is 0 Å². The number of carbonyl (C=O) groups excluding carboxylic acids is 1. The Morgan fingerprint density at radius 3 is 1.92 bits per heavy atom. The third-order valence-corrected chi connectivity index (χ3v) is 10.0. The van der Waals surface area contributed by atoms with E-state index in [1.54, 1.807) is 6.26 Å². The van der Waals surface area contributed by atoms with Crippen molar-refractivity contribution in [2.75, 3.05) is 26.4 Å². The van der Waals surface area contributed by atoms with Crippen LogP contribution in [0.2, 0.25) is 0 Å². The zero-order valence-corrected chi connectivity index (χ0v) is 33.4. The minimum Gasteiger partial charge on any atom is -0.492 e. The average molecular weight is 742 g/mol. The average Bonchev–Trinajstić information content (AvgIpc) is 3.88. The number of rotatable bonds is 38. The normalized spacial score (nSPS) is 17.8. The maximum absolute atomic E-state index is 12.4. The van der Waals surface area contributed by atoms with Crippen LogP contribution < -0.4 is 5.73 Å². The van der Waals surface area contributed by atoms with Gasteiger partial charge in [-0.05, 0) is 76.7 Å². The second kappa shape index (κ2) is 34.3. The van der Waals surface area contributed by atoms with E-state index in [2.05, 4.69) is 38.2 Å². The van der Waals surface area contributed by atoms with Gasteiger partial charge in [-0.2, -0.15) is 0 Å². The Balaban J connectivity index is 2.17. The Morgan fingerprint density at radius 1 is 0.706 bits per heavy atom. The van der Waals surface area contributed by atoms with Crippen LogP contribution in [-0.2, 0) is 32.6 Å². The molecule has 3 N–H and O–H groups in total. The second-order valence-corrected chi connectivity index (χ2v) is 15.4. The lowest BCUT2D eigenvalue weighted by Gasteiger charge is -2.19. The minimum absolute atomic E-state index is 0.0804. The highest BCUT2D eigenvalue weighted by atomic mass is 31.2. The molecular formula is C41H76NO8P. The maximum atomic E-state index is 12.4. The lowest BCUT2D eigenvalue weighted by molar-refractivity contribution is -0.147. The molecule has 1 heterocycles. The Bertz CT molecular complexity index is 943. The van der Waals surface area contributed by atoms with Gasteiger partial charge in [0.15, 0.2) is 6.10 Å². The molecule has 1 aliphatic rings. The summed E-state index contributed by atoms with van der Waals surface area (Å²) in [7, 11) is -4.28. The third-order valence-electron chi connectivity index (χ3n) is 9.04. The fourth-order valence-electron chi connectivity index (χ4n) is 5.80. The molecule has 0 aromatic rings. The highest BCUT2D eigenvalue weighted by molar-refractivity contribution is 7.47. The van der Waals surface area contributed by atoms with Crippen molar-refractivity contribution in [2.45, 2.75) is 193 Å². The first-order valence-electron chi connectivity index (χ1n) is 20.6. The molecule has 298 valence electrons. The number of carbonyl (C=O) groups is 1. The van der Waals surface area contributed by atoms with Gasteiger partial charge in [-0.3, -0.25) is 13.8 Å². The lowest BCUT2D eigenvalue weighted by atomic mass is 10.1. The van der Waals surface area contributed by atoms with Crippen LogP contribution in [0, 0.1) is 0 Å². The van der Waals surface area contributed by atoms with Crippen LogP contribution in [0.25, 0.3) is 0 Å². The summed E-state index contributed by atoms with van der Waals surface area (Å²) >= 11 is 0. The van der Waals surface area contributed by atoms with Crippen molar-refractivity contribution in [1.82, 2.24) is 0 Å². The number of allylic oxidation sites excluding steroid dienone is 4. The molecule has 1 aliphatic heterocycles. The van der Waals surface area contributed by atoms with Gasteiger partial charge in [-0.1, -0.05) is 122 Å². The van der Waals surface area contributed by atoms with Crippen LogP contribution in [-0.4, -0.2) is 55.5 Å². The zero-order chi connectivity index (χ0) is 37.1. The van der Waals surface area contributed by atoms with Crippen molar-refractivity contribution in [3.63, 3.8) is 0 Å². The Morgan fingerprint density at radius 2 is 1.25 bits per heavy atom. The van der Waals surface area contributed by atoms with Crippen LogP contribution in [0.5, 0.6) is 0 Å². The molecule has 1 saturated heterocycles. The van der Waals surface area contributed by atoms with E-state index >= 15 is 0 Å². The van der Waals surface area contributed by atoms with Crippen LogP contribution in [0.4, 0.5) is 0 Å². The molecule has 0 saturated carbocycles. The van der Waals surface area contributed by atoms with Gasteiger partial charge in [0.05, 0.1) is 31.7 Å². The van der Waals surface area contributed by atoms with Crippen LogP contribution in [0.15, 0.2) is 36.6 Å². The molecule has 1 rings (SSSR count). The van der Waals surface area contributed by atoms with Crippen molar-refractivity contribution in [3.8, 4) is 0 Å². The first kappa shape index (κ1) is 47.5. The lowest BCUT2D eigenvalue weighted by Crippen LogP contribution is -2.25. The standard InChI is InChI=1S/C41H76NO8P/c1-3-5-7-9-11-12-13-14-15-16-17-18-19-20-25-29-34-46-38(37-49-51(44,45)48-35-33-42)36-47-41(43)32-28-24-21-23-27-31-40-39(50-40)30-26-22-10-8-6-4-2/h14-15,22,26,29,34,38-40H,3-13,16-21,23-25,27-28,30-33,35-37,42H2,1-2H3,(H,44,45)/b15-14-,26-22-,34-29+/t38-,39?,40?/m1/s1. The van der Waals surface area contributed by atoms with Crippen molar-refractivity contribution in [1.29, 1.82) is 0 Å². The predicted molar refractivity (Wildman–Crippen MR) is 209 cm³/mol. The van der Waals surface area contributed by atoms with Gasteiger partial charge in [0.25, 0.3) is 0 Å². The van der Waals surface area contributed by atoms with E-state index in [4.69, 9.17) is 29.0 Å². The van der Waals surface area contributed by atoms with Gasteiger partial charge >= 0.3 is 13.8 Å². The summed E-state index contributed by atoms with van der Waals surface area (Å²) in [6.45, 7) is 4.14. The van der Waals surface area contributed by atoms with Gasteiger partial charge in [0, 0.05) is 13.0 Å². The molecule has 0 radical (unpaired) electrons. The number of esters is 1. The van der Waals surface area contributed by atoms with E-state index in [9.17, 15) is 14.3 Å². The van der Waals surface area contributed by atoms with Gasteiger partial charge in [0.1, 0.15) is 6.61 Å². The summed E-state index contributed by atoms with van der Waals surface area (Å²) < 4.78 is 39.0. The topological polar surface area (TPSA) is 130 Å². The van der Waals surface area contributed by atoms with E-state index in [-0.39, 0.29) is 32.3 Å². The van der Waals surface area contributed by atoms with Crippen molar-refractivity contribution in [3.05, 3.63) is 36.6 Å². The van der Waals surface area contributed by atoms with Gasteiger partial charge in [-0.25, -0.2) is 4.57 Å². The third kappa shape index (κ3) is 31.7. The number of nitrogens with two attached hydrogens (primary N) is 1. The predicted octanol–water partition coefficient (Wildman–Crippen LogP) is 11.2. The molecule has 1 fully saturated rings. The Kier molecular flexibility index (Phi) is 32.0. The van der Waals surface area contributed by atoms with E-state index in [1.165, 1.54) is 83.5 Å². The summed E-state index contributed by atoms with van der Waals surface area (Å²) in [4.78, 5) is 22.3. The molecular weight excluding hydrogens is 665 g/mol. The van der Waals surface area contributed by atoms with Gasteiger partial charge in [0.2, 0.25) is 0 Å². The van der Waals surface area contributed by atoms with Crippen molar-refractivity contribution >= 4 is 13.8 Å². The zero-order valence-electron chi connectivity index (χ0n) is 32.5. The van der Waals surface area contributed by atoms with Crippen LogP contribution >= 0.6 is 7.82 Å². The summed E-state index contributed by atoms with van der Waals surface area (Å²) in [5, 5.41) is 0. The van der Waals surface area contributed by atoms with Gasteiger partial charge in [-0.15, -0.1) is 0 Å². The van der Waals surface area contributed by atoms with Crippen LogP contribution in [0.1, 0.15) is 174 Å². The number of unbranched alkanes of at least 4 members (excludes halogenated alkanes) is 18. The number of phosphoric acid groups is 1. The van der Waals surface area contributed by atoms with Crippen molar-refractivity contribution in [2.24, 2.45) is 5.73 Å². The largest absolute Gasteiger partial charge is 0.492 e. The Hall–Kier alpha value is -1.48. The molecule has 4 atom stereocenters. The van der Waals surface area contributed by atoms with E-state index in [1.807, 2.05) is 6.08 Å². The monoisotopic (exact) mass is 742 g/mol. The number of hydrogen-bond donors (Lipinski definition) is 2. The Labute approximate surface area is 312 Å². The first-order chi connectivity index (χ1) is 24.9. The second-order valence-electron chi connectivity index (χ2n) is 13.9. The van der Waals surface area contributed by atoms with E-state index in [0.29, 0.717) is 18.6 Å². The summed E-state index contributed by atoms with van der Waals surface area (Å²) in [5.74, 6) is -0.312. The molecule has 51 heavy (non-hydrogen) atoms. The SMILES string of the molecule is CCCCC/C=C\CC1OC1CCCCCCCC(=O)OC[C@H](COP(=O)(O)OCCN)O/C=C/CCCCCC/C=C\CCCCCCCC. The molecule has 0 aliphatic carbocycles. The summed E-state index contributed by atoms with van der Waals surface area (Å²) in [6.07, 6.45) is 41.3. The van der Waals surface area contributed by atoms with Crippen molar-refractivity contribution < 1.29 is 37.5 Å². The molecule has 9 nitrogen and oxygen atoms in total. The number of phosphoric ester groups is 1. The quantitative estimate of drug-likeness (QED) is 0.0159. The molecule has 0 amide bonds. The van der Waals surface area contributed by atoms with E-state index in [0.717, 1.165) is 70.6 Å². The number of epoxide rings is 1.